The van der Waals surface area contributed by atoms with E-state index in [1.54, 1.807) is 25.1 Å². The van der Waals surface area contributed by atoms with E-state index in [0.29, 0.717) is 20.9 Å². The smallest absolute Gasteiger partial charge is 0.248 e. The topological polar surface area (TPSA) is 54.0 Å². The van der Waals surface area contributed by atoms with Crippen molar-refractivity contribution in [3.8, 4) is 0 Å². The average molecular weight is 330 g/mol. The molecule has 1 aromatic carbocycles. The third-order valence-corrected chi connectivity index (χ3v) is 4.26. The molecule has 0 unspecified atom stereocenters. The number of hydrogen-bond acceptors (Lipinski definition) is 4. The van der Waals surface area contributed by atoms with Gasteiger partial charge in [-0.05, 0) is 26.0 Å². The number of benzene rings is 1. The van der Waals surface area contributed by atoms with Gasteiger partial charge in [0.15, 0.2) is 5.13 Å². The van der Waals surface area contributed by atoms with Crippen LogP contribution in [-0.4, -0.2) is 16.9 Å². The Morgan fingerprint density at radius 2 is 2.15 bits per heavy atom. The van der Waals surface area contributed by atoms with Crippen molar-refractivity contribution < 1.29 is 4.79 Å². The summed E-state index contributed by atoms with van der Waals surface area (Å²) in [6.45, 7) is 3.62. The van der Waals surface area contributed by atoms with E-state index < -0.39 is 6.04 Å². The summed E-state index contributed by atoms with van der Waals surface area (Å²) in [4.78, 5) is 16.2. The zero-order chi connectivity index (χ0) is 14.7. The van der Waals surface area contributed by atoms with E-state index in [2.05, 4.69) is 15.6 Å². The second-order valence-electron chi connectivity index (χ2n) is 4.25. The van der Waals surface area contributed by atoms with Gasteiger partial charge in [-0.15, -0.1) is 11.3 Å². The first-order chi connectivity index (χ1) is 9.47. The van der Waals surface area contributed by atoms with Crippen molar-refractivity contribution in [3.05, 3.63) is 39.3 Å². The molecule has 20 heavy (non-hydrogen) atoms. The van der Waals surface area contributed by atoms with Crippen molar-refractivity contribution in [1.82, 2.24) is 4.98 Å². The first-order valence-electron chi connectivity index (χ1n) is 5.91. The van der Waals surface area contributed by atoms with E-state index in [1.807, 2.05) is 12.3 Å². The zero-order valence-corrected chi connectivity index (χ0v) is 13.2. The largest absolute Gasteiger partial charge is 0.373 e. The fraction of sp³-hybridized carbons (Fsp3) is 0.231. The summed E-state index contributed by atoms with van der Waals surface area (Å²) < 4.78 is 0. The molecule has 2 aromatic rings. The van der Waals surface area contributed by atoms with Crippen molar-refractivity contribution in [2.24, 2.45) is 0 Å². The maximum atomic E-state index is 12.0. The molecule has 106 valence electrons. The van der Waals surface area contributed by atoms with E-state index in [4.69, 9.17) is 23.2 Å². The van der Waals surface area contributed by atoms with Gasteiger partial charge in [0.1, 0.15) is 6.04 Å². The van der Waals surface area contributed by atoms with Crippen LogP contribution in [0.5, 0.6) is 0 Å². The summed E-state index contributed by atoms with van der Waals surface area (Å²) in [6, 6.07) is 4.77. The molecule has 0 radical (unpaired) electrons. The first-order valence-corrected chi connectivity index (χ1v) is 7.54. The quantitative estimate of drug-likeness (QED) is 0.883. The molecule has 0 saturated carbocycles. The van der Waals surface area contributed by atoms with Gasteiger partial charge in [-0.25, -0.2) is 4.98 Å². The third kappa shape index (κ3) is 3.62. The van der Waals surface area contributed by atoms with Crippen LogP contribution in [0.2, 0.25) is 10.0 Å². The highest BCUT2D eigenvalue weighted by molar-refractivity contribution is 7.13. The van der Waals surface area contributed by atoms with Gasteiger partial charge in [0.2, 0.25) is 5.91 Å². The van der Waals surface area contributed by atoms with Gasteiger partial charge >= 0.3 is 0 Å². The lowest BCUT2D eigenvalue weighted by Crippen LogP contribution is -2.31. The van der Waals surface area contributed by atoms with Crippen LogP contribution >= 0.6 is 34.5 Å². The molecule has 2 rings (SSSR count). The molecule has 4 nitrogen and oxygen atoms in total. The van der Waals surface area contributed by atoms with Crippen LogP contribution in [0, 0.1) is 6.92 Å². The Labute approximate surface area is 131 Å². The lowest BCUT2D eigenvalue weighted by molar-refractivity contribution is -0.116. The van der Waals surface area contributed by atoms with Crippen molar-refractivity contribution >= 4 is 51.3 Å². The van der Waals surface area contributed by atoms with E-state index in [-0.39, 0.29) is 5.91 Å². The number of thiazole rings is 1. The molecule has 2 N–H and O–H groups in total. The standard InChI is InChI=1S/C13H13Cl2N3OS/c1-7-6-20-13(16-7)18-12(19)8(2)17-10-5-3-4-9(14)11(10)15/h3-6,8,17H,1-2H3,(H,16,18,19)/t8-/m0/s1. The number of amides is 1. The predicted octanol–water partition coefficient (Wildman–Crippen LogP) is 4.20. The van der Waals surface area contributed by atoms with E-state index in [9.17, 15) is 4.79 Å². The number of hydrogen-bond donors (Lipinski definition) is 2. The number of carbonyl (C=O) groups excluding carboxylic acids is 1. The SMILES string of the molecule is Cc1csc(NC(=O)[C@H](C)Nc2cccc(Cl)c2Cl)n1. The molecule has 0 aliphatic heterocycles. The Hall–Kier alpha value is -1.30. The van der Waals surface area contributed by atoms with Gasteiger partial charge < -0.3 is 10.6 Å². The molecule has 1 aromatic heterocycles. The second kappa shape index (κ2) is 6.43. The molecule has 0 spiro atoms. The highest BCUT2D eigenvalue weighted by atomic mass is 35.5. The monoisotopic (exact) mass is 329 g/mol. The Morgan fingerprint density at radius 3 is 2.80 bits per heavy atom. The van der Waals surface area contributed by atoms with Crippen LogP contribution < -0.4 is 10.6 Å². The summed E-state index contributed by atoms with van der Waals surface area (Å²) in [5.74, 6) is -0.185. The number of nitrogens with zero attached hydrogens (tertiary/aromatic N) is 1. The third-order valence-electron chi connectivity index (χ3n) is 2.57. The number of nitrogens with one attached hydrogen (secondary N) is 2. The number of anilines is 2. The summed E-state index contributed by atoms with van der Waals surface area (Å²) in [6.07, 6.45) is 0. The summed E-state index contributed by atoms with van der Waals surface area (Å²) in [5.41, 5.74) is 1.50. The molecule has 0 aliphatic carbocycles. The van der Waals surface area contributed by atoms with E-state index >= 15 is 0 Å². The molecule has 1 heterocycles. The average Bonchev–Trinajstić information content (AvgIpc) is 2.80. The van der Waals surface area contributed by atoms with Crippen LogP contribution in [0.15, 0.2) is 23.6 Å². The van der Waals surface area contributed by atoms with Gasteiger partial charge in [0, 0.05) is 5.38 Å². The van der Waals surface area contributed by atoms with Crippen molar-refractivity contribution in [2.75, 3.05) is 10.6 Å². The lowest BCUT2D eigenvalue weighted by atomic mass is 10.2. The fourth-order valence-electron chi connectivity index (χ4n) is 1.54. The van der Waals surface area contributed by atoms with Crippen LogP contribution in [0.4, 0.5) is 10.8 Å². The zero-order valence-electron chi connectivity index (χ0n) is 10.9. The fourth-order valence-corrected chi connectivity index (χ4v) is 2.59. The van der Waals surface area contributed by atoms with Crippen molar-refractivity contribution in [1.29, 1.82) is 0 Å². The minimum absolute atomic E-state index is 0.185. The summed E-state index contributed by atoms with van der Waals surface area (Å²) >= 11 is 13.4. The van der Waals surface area contributed by atoms with Gasteiger partial charge in [-0.1, -0.05) is 29.3 Å². The molecule has 1 atom stereocenters. The van der Waals surface area contributed by atoms with Gasteiger partial charge in [-0.2, -0.15) is 0 Å². The Bertz CT molecular complexity index is 630. The second-order valence-corrected chi connectivity index (χ2v) is 5.89. The summed E-state index contributed by atoms with van der Waals surface area (Å²) in [7, 11) is 0. The molecular weight excluding hydrogens is 317 g/mol. The van der Waals surface area contributed by atoms with Gasteiger partial charge in [0.05, 0.1) is 21.4 Å². The number of aryl methyl sites for hydroxylation is 1. The van der Waals surface area contributed by atoms with Crippen molar-refractivity contribution in [3.63, 3.8) is 0 Å². The number of carbonyl (C=O) groups is 1. The van der Waals surface area contributed by atoms with Crippen LogP contribution in [0.3, 0.4) is 0 Å². The van der Waals surface area contributed by atoms with Crippen LogP contribution in [0.25, 0.3) is 0 Å². The predicted molar refractivity (Wildman–Crippen MR) is 85.0 cm³/mol. The molecule has 1 amide bonds. The lowest BCUT2D eigenvalue weighted by Gasteiger charge is -2.15. The maximum Gasteiger partial charge on any atom is 0.248 e. The number of halogens is 2. The Morgan fingerprint density at radius 1 is 1.40 bits per heavy atom. The normalized spacial score (nSPS) is 12.0. The summed E-state index contributed by atoms with van der Waals surface area (Å²) in [5, 5.41) is 9.08. The first kappa shape index (κ1) is 15.1. The molecular formula is C13H13Cl2N3OS. The number of aromatic nitrogens is 1. The minimum Gasteiger partial charge on any atom is -0.373 e. The number of rotatable bonds is 4. The molecule has 0 aliphatic rings. The van der Waals surface area contributed by atoms with E-state index in [0.717, 1.165) is 5.69 Å². The minimum atomic E-state index is -0.463. The van der Waals surface area contributed by atoms with Crippen LogP contribution in [-0.2, 0) is 4.79 Å². The highest BCUT2D eigenvalue weighted by Gasteiger charge is 2.16. The molecule has 0 bridgehead atoms. The van der Waals surface area contributed by atoms with Gasteiger partial charge in [0.25, 0.3) is 0 Å². The maximum absolute atomic E-state index is 12.0. The Kier molecular flexibility index (Phi) is 4.86. The highest BCUT2D eigenvalue weighted by Crippen LogP contribution is 2.30. The Balaban J connectivity index is 2.02. The molecule has 0 fully saturated rings. The molecule has 0 saturated heterocycles. The van der Waals surface area contributed by atoms with Crippen molar-refractivity contribution in [2.45, 2.75) is 19.9 Å². The van der Waals surface area contributed by atoms with Crippen LogP contribution in [0.1, 0.15) is 12.6 Å². The van der Waals surface area contributed by atoms with E-state index in [1.165, 1.54) is 11.3 Å². The van der Waals surface area contributed by atoms with Gasteiger partial charge in [-0.3, -0.25) is 4.79 Å². The molecule has 7 heteroatoms.